The molecule has 0 aliphatic carbocycles. The van der Waals surface area contributed by atoms with Crippen molar-refractivity contribution in [3.63, 3.8) is 0 Å². The molecule has 2 aromatic rings. The zero-order valence-electron chi connectivity index (χ0n) is 7.64. The van der Waals surface area contributed by atoms with Crippen LogP contribution in [0.5, 0.6) is 0 Å². The fourth-order valence-electron chi connectivity index (χ4n) is 0.938. The van der Waals surface area contributed by atoms with Crippen LogP contribution in [-0.2, 0) is 6.54 Å². The molecular formula is C9H8N4S. The fraction of sp³-hybridized carbons (Fsp3) is 0.222. The van der Waals surface area contributed by atoms with E-state index in [0.29, 0.717) is 6.54 Å². The minimum absolute atomic E-state index is 0.589. The normalized spacial score (nSPS) is 9.50. The van der Waals surface area contributed by atoms with E-state index in [1.165, 1.54) is 11.5 Å². The number of nitrogens with zero attached hydrogens (tertiary/aromatic N) is 4. The average Bonchev–Trinajstić information content (AvgIpc) is 2.77. The largest absolute Gasteiger partial charge is 0.261 e. The molecule has 0 N–H and O–H groups in total. The second-order valence-electron chi connectivity index (χ2n) is 2.65. The molecule has 0 amide bonds. The molecule has 2 heterocycles. The smallest absolute Gasteiger partial charge is 0.186 e. The molecule has 0 bridgehead atoms. The van der Waals surface area contributed by atoms with Crippen molar-refractivity contribution in [3.8, 4) is 11.8 Å². The van der Waals surface area contributed by atoms with Gasteiger partial charge in [-0.2, -0.15) is 9.47 Å². The second-order valence-corrected chi connectivity index (χ2v) is 3.40. The maximum atomic E-state index is 4.13. The highest BCUT2D eigenvalue weighted by Gasteiger charge is 1.93. The lowest BCUT2D eigenvalue weighted by molar-refractivity contribution is 0.715. The van der Waals surface area contributed by atoms with Gasteiger partial charge in [-0.1, -0.05) is 5.92 Å². The highest BCUT2D eigenvalue weighted by molar-refractivity contribution is 7.06. The van der Waals surface area contributed by atoms with Crippen molar-refractivity contribution in [1.29, 1.82) is 0 Å². The van der Waals surface area contributed by atoms with Crippen LogP contribution in [0.2, 0.25) is 0 Å². The van der Waals surface area contributed by atoms with Crippen molar-refractivity contribution >= 4 is 11.5 Å². The van der Waals surface area contributed by atoms with E-state index in [2.05, 4.69) is 26.3 Å². The quantitative estimate of drug-likeness (QED) is 0.653. The molecule has 2 aromatic heterocycles. The number of rotatable bonds is 1. The Hall–Kier alpha value is -1.67. The third kappa shape index (κ3) is 2.18. The standard InChI is InChI=1S/C9H8N4S/c1-8-11-9(14-12-8)4-2-6-13-7-3-5-10-13/h3,5,7H,6H2,1H3. The summed E-state index contributed by atoms with van der Waals surface area (Å²) in [5, 5.41) is 4.79. The van der Waals surface area contributed by atoms with Crippen LogP contribution in [0.4, 0.5) is 0 Å². The molecule has 0 atom stereocenters. The van der Waals surface area contributed by atoms with Gasteiger partial charge in [0.2, 0.25) is 0 Å². The van der Waals surface area contributed by atoms with Crippen LogP contribution in [0.1, 0.15) is 10.8 Å². The Kier molecular flexibility index (Phi) is 2.56. The summed E-state index contributed by atoms with van der Waals surface area (Å²) in [6, 6.07) is 1.87. The maximum absolute atomic E-state index is 4.13. The molecule has 0 radical (unpaired) electrons. The van der Waals surface area contributed by atoms with E-state index in [1.807, 2.05) is 19.2 Å². The predicted octanol–water partition coefficient (Wildman–Crippen LogP) is 1.09. The Morgan fingerprint density at radius 2 is 2.50 bits per heavy atom. The first-order valence-electron chi connectivity index (χ1n) is 4.11. The van der Waals surface area contributed by atoms with Crippen molar-refractivity contribution in [2.45, 2.75) is 13.5 Å². The number of aryl methyl sites for hydroxylation is 1. The van der Waals surface area contributed by atoms with Gasteiger partial charge in [0, 0.05) is 12.4 Å². The van der Waals surface area contributed by atoms with Gasteiger partial charge < -0.3 is 0 Å². The van der Waals surface area contributed by atoms with E-state index < -0.39 is 0 Å². The Morgan fingerprint density at radius 1 is 1.57 bits per heavy atom. The van der Waals surface area contributed by atoms with E-state index in [1.54, 1.807) is 10.9 Å². The van der Waals surface area contributed by atoms with Crippen molar-refractivity contribution in [2.75, 3.05) is 0 Å². The molecule has 0 spiro atoms. The van der Waals surface area contributed by atoms with E-state index in [4.69, 9.17) is 0 Å². The fourth-order valence-corrected chi connectivity index (χ4v) is 1.49. The molecule has 14 heavy (non-hydrogen) atoms. The summed E-state index contributed by atoms with van der Waals surface area (Å²) < 4.78 is 5.80. The van der Waals surface area contributed by atoms with E-state index >= 15 is 0 Å². The van der Waals surface area contributed by atoms with E-state index in [9.17, 15) is 0 Å². The molecule has 0 unspecified atom stereocenters. The van der Waals surface area contributed by atoms with Gasteiger partial charge in [0.05, 0.1) is 0 Å². The average molecular weight is 204 g/mol. The lowest BCUT2D eigenvalue weighted by Gasteiger charge is -1.88. The first-order valence-corrected chi connectivity index (χ1v) is 4.88. The Bertz CT molecular complexity index is 460. The Labute approximate surface area is 85.8 Å². The highest BCUT2D eigenvalue weighted by Crippen LogP contribution is 2.00. The summed E-state index contributed by atoms with van der Waals surface area (Å²) in [5.74, 6) is 6.69. The lowest BCUT2D eigenvalue weighted by Crippen LogP contribution is -1.94. The monoisotopic (exact) mass is 204 g/mol. The maximum Gasteiger partial charge on any atom is 0.186 e. The van der Waals surface area contributed by atoms with Crippen LogP contribution in [0.25, 0.3) is 0 Å². The van der Waals surface area contributed by atoms with Crippen LogP contribution in [0, 0.1) is 18.8 Å². The molecule has 0 saturated heterocycles. The van der Waals surface area contributed by atoms with Crippen LogP contribution in [0.15, 0.2) is 18.5 Å². The van der Waals surface area contributed by atoms with Gasteiger partial charge in [0.25, 0.3) is 0 Å². The van der Waals surface area contributed by atoms with Gasteiger partial charge in [0.1, 0.15) is 12.4 Å². The van der Waals surface area contributed by atoms with Crippen LogP contribution >= 0.6 is 11.5 Å². The molecule has 0 saturated carbocycles. The van der Waals surface area contributed by atoms with E-state index in [-0.39, 0.29) is 0 Å². The van der Waals surface area contributed by atoms with Gasteiger partial charge in [-0.25, -0.2) is 4.98 Å². The van der Waals surface area contributed by atoms with Gasteiger partial charge >= 0.3 is 0 Å². The second kappa shape index (κ2) is 4.03. The summed E-state index contributed by atoms with van der Waals surface area (Å²) in [5.41, 5.74) is 0. The molecular weight excluding hydrogens is 196 g/mol. The summed E-state index contributed by atoms with van der Waals surface area (Å²) in [6.07, 6.45) is 3.61. The highest BCUT2D eigenvalue weighted by atomic mass is 32.1. The molecule has 5 heteroatoms. The number of hydrogen-bond acceptors (Lipinski definition) is 4. The molecule has 0 aromatic carbocycles. The summed E-state index contributed by atoms with van der Waals surface area (Å²) in [6.45, 7) is 2.45. The lowest BCUT2D eigenvalue weighted by atomic mass is 10.5. The van der Waals surface area contributed by atoms with Gasteiger partial charge in [-0.3, -0.25) is 4.68 Å². The molecule has 0 aliphatic heterocycles. The third-order valence-electron chi connectivity index (χ3n) is 1.52. The minimum Gasteiger partial charge on any atom is -0.261 e. The zero-order valence-corrected chi connectivity index (χ0v) is 8.45. The van der Waals surface area contributed by atoms with Crippen molar-refractivity contribution in [1.82, 2.24) is 19.1 Å². The van der Waals surface area contributed by atoms with Crippen LogP contribution < -0.4 is 0 Å². The first-order chi connectivity index (χ1) is 6.84. The van der Waals surface area contributed by atoms with Gasteiger partial charge in [-0.15, -0.1) is 0 Å². The van der Waals surface area contributed by atoms with Gasteiger partial charge in [0.15, 0.2) is 5.01 Å². The van der Waals surface area contributed by atoms with Crippen LogP contribution in [0.3, 0.4) is 0 Å². The minimum atomic E-state index is 0.589. The van der Waals surface area contributed by atoms with Crippen LogP contribution in [-0.4, -0.2) is 19.1 Å². The Balaban J connectivity index is 2.01. The number of hydrogen-bond donors (Lipinski definition) is 0. The Morgan fingerprint density at radius 3 is 3.14 bits per heavy atom. The predicted molar refractivity (Wildman–Crippen MR) is 53.8 cm³/mol. The molecule has 0 fully saturated rings. The van der Waals surface area contributed by atoms with Gasteiger partial charge in [-0.05, 0) is 30.4 Å². The summed E-state index contributed by atoms with van der Waals surface area (Å²) in [4.78, 5) is 4.13. The zero-order chi connectivity index (χ0) is 9.80. The topological polar surface area (TPSA) is 43.6 Å². The number of aromatic nitrogens is 4. The first kappa shape index (κ1) is 8.91. The molecule has 4 nitrogen and oxygen atoms in total. The van der Waals surface area contributed by atoms with Crippen molar-refractivity contribution in [3.05, 3.63) is 29.3 Å². The van der Waals surface area contributed by atoms with Crippen molar-refractivity contribution in [2.24, 2.45) is 0 Å². The van der Waals surface area contributed by atoms with E-state index in [0.717, 1.165) is 10.8 Å². The SMILES string of the molecule is Cc1nsc(C#CCn2cccn2)n1. The molecule has 0 aliphatic rings. The third-order valence-corrected chi connectivity index (χ3v) is 2.24. The molecule has 2 rings (SSSR count). The molecule has 70 valence electrons. The summed E-state index contributed by atoms with van der Waals surface area (Å²) in [7, 11) is 0. The van der Waals surface area contributed by atoms with Crippen molar-refractivity contribution < 1.29 is 0 Å². The summed E-state index contributed by atoms with van der Waals surface area (Å²) >= 11 is 1.32.